The molecule has 28 heavy (non-hydrogen) atoms. The van der Waals surface area contributed by atoms with Crippen LogP contribution in [0.2, 0.25) is 0 Å². The molecule has 0 aromatic heterocycles. The lowest BCUT2D eigenvalue weighted by Crippen LogP contribution is -2.46. The third-order valence-electron chi connectivity index (χ3n) is 7.08. The minimum Gasteiger partial charge on any atom is -0.385 e. The normalized spacial score (nSPS) is 35.4. The maximum Gasteiger partial charge on any atom is 0.0642 e. The molecule has 0 aromatic carbocycles. The molecule has 2 atom stereocenters. The van der Waals surface area contributed by atoms with Crippen molar-refractivity contribution in [2.45, 2.75) is 82.3 Å². The van der Waals surface area contributed by atoms with E-state index in [1.165, 1.54) is 62.8 Å². The maximum atomic E-state index is 6.15. The predicted molar refractivity (Wildman–Crippen MR) is 115 cm³/mol. The average molecular weight is 389 g/mol. The highest BCUT2D eigenvalue weighted by Crippen LogP contribution is 2.32. The molecule has 0 spiro atoms. The summed E-state index contributed by atoms with van der Waals surface area (Å²) in [5.74, 6) is 0.582. The maximum absolute atomic E-state index is 6.15. The van der Waals surface area contributed by atoms with Crippen LogP contribution in [0.25, 0.3) is 0 Å². The van der Waals surface area contributed by atoms with Gasteiger partial charge in [0.25, 0.3) is 0 Å². The van der Waals surface area contributed by atoms with Crippen LogP contribution >= 0.6 is 0 Å². The van der Waals surface area contributed by atoms with Crippen LogP contribution in [0, 0.1) is 5.92 Å². The Kier molecular flexibility index (Phi) is 7.32. The van der Waals surface area contributed by atoms with Gasteiger partial charge in [0.05, 0.1) is 13.2 Å². The zero-order valence-corrected chi connectivity index (χ0v) is 17.5. The van der Waals surface area contributed by atoms with Crippen molar-refractivity contribution in [3.05, 3.63) is 23.5 Å². The van der Waals surface area contributed by atoms with Crippen LogP contribution in [-0.2, 0) is 4.74 Å². The summed E-state index contributed by atoms with van der Waals surface area (Å²) in [6.45, 7) is 4.84. The smallest absolute Gasteiger partial charge is 0.0642 e. The molecule has 4 rings (SSSR count). The molecule has 0 aromatic rings. The molecule has 1 saturated carbocycles. The molecule has 2 unspecified atom stereocenters. The fraction of sp³-hybridized carbons (Fsp3) is 0.826. The Bertz CT molecular complexity index is 547. The highest BCUT2D eigenvalue weighted by molar-refractivity contribution is 5.33. The first-order valence-corrected chi connectivity index (χ1v) is 11.8. The molecular weight excluding hydrogens is 348 g/mol. The second-order valence-corrected chi connectivity index (χ2v) is 9.19. The lowest BCUT2D eigenvalue weighted by Gasteiger charge is -2.39. The van der Waals surface area contributed by atoms with Gasteiger partial charge < -0.3 is 26.0 Å². The lowest BCUT2D eigenvalue weighted by atomic mass is 9.83. The summed E-state index contributed by atoms with van der Waals surface area (Å²) in [7, 11) is 0. The van der Waals surface area contributed by atoms with Gasteiger partial charge in [-0.3, -0.25) is 0 Å². The van der Waals surface area contributed by atoms with Gasteiger partial charge in [0.15, 0.2) is 0 Å². The molecule has 0 amide bonds. The van der Waals surface area contributed by atoms with Crippen molar-refractivity contribution in [2.75, 3.05) is 32.8 Å². The highest BCUT2D eigenvalue weighted by atomic mass is 16.5. The van der Waals surface area contributed by atoms with E-state index in [9.17, 15) is 0 Å². The molecular formula is C23H40N4O. The first kappa shape index (κ1) is 20.2. The molecule has 0 bridgehead atoms. The molecule has 2 heterocycles. The van der Waals surface area contributed by atoms with Gasteiger partial charge in [0.1, 0.15) is 0 Å². The van der Waals surface area contributed by atoms with E-state index in [1.54, 1.807) is 0 Å². The van der Waals surface area contributed by atoms with E-state index in [-0.39, 0.29) is 0 Å². The number of ether oxygens (including phenoxy) is 1. The van der Waals surface area contributed by atoms with Gasteiger partial charge in [-0.25, -0.2) is 0 Å². The molecule has 5 nitrogen and oxygen atoms in total. The lowest BCUT2D eigenvalue weighted by molar-refractivity contribution is 0.0546. The minimum absolute atomic E-state index is 0.408. The van der Waals surface area contributed by atoms with E-state index in [2.05, 4.69) is 27.7 Å². The number of morpholine rings is 1. The van der Waals surface area contributed by atoms with Crippen LogP contribution < -0.4 is 16.4 Å². The molecule has 5 heteroatoms. The van der Waals surface area contributed by atoms with E-state index in [0.717, 1.165) is 45.7 Å². The predicted octanol–water partition coefficient (Wildman–Crippen LogP) is 2.89. The molecule has 4 N–H and O–H groups in total. The van der Waals surface area contributed by atoms with Crippen molar-refractivity contribution < 1.29 is 4.74 Å². The van der Waals surface area contributed by atoms with Crippen LogP contribution in [0.5, 0.6) is 0 Å². The SMILES string of the molecule is N[C@H]1CC[C@@H](NC2=CC(N3CCOCC3)=CC3NCCCCCCCC23)CC1. The molecule has 4 aliphatic rings. The number of rotatable bonds is 3. The second kappa shape index (κ2) is 10.1. The topological polar surface area (TPSA) is 62.5 Å². The highest BCUT2D eigenvalue weighted by Gasteiger charge is 2.31. The first-order chi connectivity index (χ1) is 13.8. The van der Waals surface area contributed by atoms with Crippen molar-refractivity contribution in [3.63, 3.8) is 0 Å². The van der Waals surface area contributed by atoms with Gasteiger partial charge in [0.2, 0.25) is 0 Å². The van der Waals surface area contributed by atoms with Crippen molar-refractivity contribution in [1.82, 2.24) is 15.5 Å². The molecule has 2 aliphatic heterocycles. The van der Waals surface area contributed by atoms with Crippen molar-refractivity contribution in [1.29, 1.82) is 0 Å². The molecule has 2 saturated heterocycles. The fourth-order valence-corrected chi connectivity index (χ4v) is 5.30. The van der Waals surface area contributed by atoms with E-state index < -0.39 is 0 Å². The summed E-state index contributed by atoms with van der Waals surface area (Å²) in [6.07, 6.45) is 17.8. The van der Waals surface area contributed by atoms with Crippen LogP contribution in [0.3, 0.4) is 0 Å². The number of nitrogens with two attached hydrogens (primary N) is 1. The number of hydrogen-bond donors (Lipinski definition) is 3. The molecule has 3 fully saturated rings. The molecule has 0 radical (unpaired) electrons. The Labute approximate surface area is 171 Å². The Hall–Kier alpha value is -1.04. The molecule has 158 valence electrons. The zero-order valence-electron chi connectivity index (χ0n) is 17.5. The van der Waals surface area contributed by atoms with Gasteiger partial charge in [-0.15, -0.1) is 0 Å². The van der Waals surface area contributed by atoms with Gasteiger partial charge in [-0.2, -0.15) is 0 Å². The minimum atomic E-state index is 0.408. The second-order valence-electron chi connectivity index (χ2n) is 9.19. The number of hydrogen-bond acceptors (Lipinski definition) is 5. The van der Waals surface area contributed by atoms with Gasteiger partial charge >= 0.3 is 0 Å². The van der Waals surface area contributed by atoms with Crippen molar-refractivity contribution in [3.8, 4) is 0 Å². The summed E-state index contributed by atoms with van der Waals surface area (Å²) in [5, 5.41) is 7.90. The summed E-state index contributed by atoms with van der Waals surface area (Å²) >= 11 is 0. The Morgan fingerprint density at radius 1 is 0.964 bits per heavy atom. The van der Waals surface area contributed by atoms with Crippen LogP contribution in [0.15, 0.2) is 23.5 Å². The number of allylic oxidation sites excluding steroid dienone is 1. The first-order valence-electron chi connectivity index (χ1n) is 11.8. The van der Waals surface area contributed by atoms with E-state index in [1.807, 2.05) is 0 Å². The third-order valence-corrected chi connectivity index (χ3v) is 7.08. The summed E-state index contributed by atoms with van der Waals surface area (Å²) < 4.78 is 5.59. The Morgan fingerprint density at radius 3 is 2.54 bits per heavy atom. The Balaban J connectivity index is 1.52. The number of nitrogens with one attached hydrogen (secondary N) is 2. The standard InChI is InChI=1S/C23H40N4O/c24-18-7-9-19(10-8-18)26-23-17-20(27-12-14-28-15-13-27)16-22-21(23)6-4-2-1-3-5-11-25-22/h16-19,21-22,25-26H,1-15,24H2/t18-,19+,21?,22?. The van der Waals surface area contributed by atoms with E-state index in [0.29, 0.717) is 24.0 Å². The van der Waals surface area contributed by atoms with Crippen molar-refractivity contribution in [2.24, 2.45) is 11.7 Å². The molecule has 2 aliphatic carbocycles. The van der Waals surface area contributed by atoms with Gasteiger partial charge in [-0.05, 0) is 57.2 Å². The summed E-state index contributed by atoms with van der Waals surface area (Å²) in [5.41, 5.74) is 9.01. The van der Waals surface area contributed by atoms with E-state index >= 15 is 0 Å². The van der Waals surface area contributed by atoms with Crippen molar-refractivity contribution >= 4 is 0 Å². The largest absolute Gasteiger partial charge is 0.385 e. The quantitative estimate of drug-likeness (QED) is 0.694. The fourth-order valence-electron chi connectivity index (χ4n) is 5.30. The van der Waals surface area contributed by atoms with Gasteiger partial charge in [0, 0.05) is 48.5 Å². The number of nitrogens with zero attached hydrogens (tertiary/aromatic N) is 1. The van der Waals surface area contributed by atoms with Crippen LogP contribution in [0.4, 0.5) is 0 Å². The third kappa shape index (κ3) is 5.31. The van der Waals surface area contributed by atoms with Crippen LogP contribution in [-0.4, -0.2) is 55.9 Å². The van der Waals surface area contributed by atoms with Gasteiger partial charge in [-0.1, -0.05) is 25.7 Å². The Morgan fingerprint density at radius 2 is 1.71 bits per heavy atom. The van der Waals surface area contributed by atoms with Crippen LogP contribution in [0.1, 0.15) is 64.2 Å². The monoisotopic (exact) mass is 388 g/mol. The summed E-state index contributed by atoms with van der Waals surface area (Å²) in [6, 6.07) is 1.45. The summed E-state index contributed by atoms with van der Waals surface area (Å²) in [4.78, 5) is 2.51. The zero-order chi connectivity index (χ0) is 19.2. The number of fused-ring (bicyclic) bond motifs is 1. The average Bonchev–Trinajstić information content (AvgIpc) is 2.74. The van der Waals surface area contributed by atoms with E-state index in [4.69, 9.17) is 10.5 Å².